The highest BCUT2D eigenvalue weighted by molar-refractivity contribution is 5.79. The smallest absolute Gasteiger partial charge is 0.226 e. The van der Waals surface area contributed by atoms with Crippen molar-refractivity contribution in [3.05, 3.63) is 11.6 Å². The minimum Gasteiger partial charge on any atom is -0.375 e. The van der Waals surface area contributed by atoms with E-state index in [1.54, 1.807) is 0 Å². The van der Waals surface area contributed by atoms with E-state index in [4.69, 9.17) is 9.47 Å². The molecule has 4 heteroatoms. The highest BCUT2D eigenvalue weighted by atomic mass is 16.6. The zero-order valence-corrected chi connectivity index (χ0v) is 14.8. The van der Waals surface area contributed by atoms with Crippen LogP contribution in [0.4, 0.5) is 0 Å². The Morgan fingerprint density at radius 2 is 2.25 bits per heavy atom. The average molecular weight is 333 g/mol. The normalized spacial score (nSPS) is 33.8. The van der Waals surface area contributed by atoms with Crippen LogP contribution < -0.4 is 0 Å². The highest BCUT2D eigenvalue weighted by Gasteiger charge is 2.45. The largest absolute Gasteiger partial charge is 0.375 e. The number of likely N-dealkylation sites (tertiary alicyclic amines) is 1. The predicted molar refractivity (Wildman–Crippen MR) is 92.7 cm³/mol. The summed E-state index contributed by atoms with van der Waals surface area (Å²) < 4.78 is 12.2. The molecule has 134 valence electrons. The van der Waals surface area contributed by atoms with Crippen LogP contribution in [0.2, 0.25) is 0 Å². The van der Waals surface area contributed by atoms with Crippen LogP contribution in [0.5, 0.6) is 0 Å². The molecule has 0 unspecified atom stereocenters. The van der Waals surface area contributed by atoms with Crippen LogP contribution in [-0.4, -0.2) is 48.8 Å². The summed E-state index contributed by atoms with van der Waals surface area (Å²) in [7, 11) is 0. The Labute approximate surface area is 145 Å². The molecular weight excluding hydrogens is 302 g/mol. The van der Waals surface area contributed by atoms with Crippen LogP contribution in [0.3, 0.4) is 0 Å². The molecular formula is C20H31NO3. The van der Waals surface area contributed by atoms with Crippen LogP contribution in [0.25, 0.3) is 0 Å². The van der Waals surface area contributed by atoms with E-state index in [1.165, 1.54) is 31.3 Å². The molecule has 2 saturated heterocycles. The fraction of sp³-hybridized carbons (Fsp3) is 0.850. The number of allylic oxidation sites excluding steroid dienone is 1. The molecule has 0 N–H and O–H groups in total. The first-order valence-corrected chi connectivity index (χ1v) is 9.94. The first-order chi connectivity index (χ1) is 11.7. The molecule has 0 aromatic rings. The maximum atomic E-state index is 12.7. The van der Waals surface area contributed by atoms with Crippen molar-refractivity contribution in [2.75, 3.05) is 26.3 Å². The van der Waals surface area contributed by atoms with E-state index in [0.29, 0.717) is 18.9 Å². The molecule has 1 saturated carbocycles. The van der Waals surface area contributed by atoms with Gasteiger partial charge in [0.05, 0.1) is 18.3 Å². The molecule has 4 rings (SSSR count). The minimum absolute atomic E-state index is 0.136. The number of nitrogens with zero attached hydrogens (tertiary/aromatic N) is 1. The monoisotopic (exact) mass is 333 g/mol. The van der Waals surface area contributed by atoms with Gasteiger partial charge in [0, 0.05) is 32.5 Å². The third kappa shape index (κ3) is 4.02. The van der Waals surface area contributed by atoms with Crippen molar-refractivity contribution >= 4 is 5.91 Å². The molecule has 2 aliphatic heterocycles. The maximum absolute atomic E-state index is 12.7. The molecule has 2 heterocycles. The second kappa shape index (κ2) is 7.17. The Hall–Kier alpha value is -0.870. The summed E-state index contributed by atoms with van der Waals surface area (Å²) in [4.78, 5) is 14.8. The van der Waals surface area contributed by atoms with Gasteiger partial charge in [0.2, 0.25) is 5.91 Å². The first kappa shape index (κ1) is 16.6. The standard InChI is InChI=1S/C20H31NO3/c22-19(11-16-5-2-1-3-6-16)21-10-4-9-20(15-21)12-18(14-24-20)23-13-17-7-8-17/h5,17-18H,1-4,6-15H2/t18-,20-/m1/s1. The molecule has 4 aliphatic rings. The van der Waals surface area contributed by atoms with Gasteiger partial charge in [-0.05, 0) is 57.3 Å². The number of piperidine rings is 1. The summed E-state index contributed by atoms with van der Waals surface area (Å²) in [5.41, 5.74) is 1.21. The Bertz CT molecular complexity index is 499. The number of hydrogen-bond donors (Lipinski definition) is 0. The maximum Gasteiger partial charge on any atom is 0.226 e. The lowest BCUT2D eigenvalue weighted by atomic mass is 9.88. The fourth-order valence-electron chi connectivity index (χ4n) is 4.43. The van der Waals surface area contributed by atoms with Gasteiger partial charge >= 0.3 is 0 Å². The van der Waals surface area contributed by atoms with E-state index < -0.39 is 0 Å². The molecule has 0 aromatic heterocycles. The third-order valence-electron chi connectivity index (χ3n) is 6.10. The van der Waals surface area contributed by atoms with Gasteiger partial charge in [0.25, 0.3) is 0 Å². The topological polar surface area (TPSA) is 38.8 Å². The molecule has 0 radical (unpaired) electrons. The molecule has 4 nitrogen and oxygen atoms in total. The molecule has 3 fully saturated rings. The van der Waals surface area contributed by atoms with Crippen molar-refractivity contribution in [1.29, 1.82) is 0 Å². The predicted octanol–water partition coefficient (Wildman–Crippen LogP) is 3.45. The summed E-state index contributed by atoms with van der Waals surface area (Å²) >= 11 is 0. The van der Waals surface area contributed by atoms with Crippen LogP contribution >= 0.6 is 0 Å². The number of carbonyl (C=O) groups excluding carboxylic acids is 1. The Morgan fingerprint density at radius 3 is 3.04 bits per heavy atom. The zero-order valence-electron chi connectivity index (χ0n) is 14.8. The summed E-state index contributed by atoms with van der Waals surface area (Å²) in [6, 6.07) is 0. The second-order valence-electron chi connectivity index (χ2n) is 8.30. The van der Waals surface area contributed by atoms with Crippen molar-refractivity contribution in [3.63, 3.8) is 0 Å². The summed E-state index contributed by atoms with van der Waals surface area (Å²) in [5, 5.41) is 0. The number of hydrogen-bond acceptors (Lipinski definition) is 3. The van der Waals surface area contributed by atoms with E-state index in [0.717, 1.165) is 57.7 Å². The first-order valence-electron chi connectivity index (χ1n) is 9.94. The van der Waals surface area contributed by atoms with Gasteiger partial charge in [0.1, 0.15) is 0 Å². The van der Waals surface area contributed by atoms with E-state index in [9.17, 15) is 4.79 Å². The average Bonchev–Trinajstić information content (AvgIpc) is 3.36. The van der Waals surface area contributed by atoms with Crippen LogP contribution in [0.1, 0.15) is 64.2 Å². The van der Waals surface area contributed by atoms with Gasteiger partial charge < -0.3 is 14.4 Å². The lowest BCUT2D eigenvalue weighted by Gasteiger charge is -2.40. The summed E-state index contributed by atoms with van der Waals surface area (Å²) in [6.07, 6.45) is 13.7. The van der Waals surface area contributed by atoms with Gasteiger partial charge in [-0.3, -0.25) is 4.79 Å². The number of carbonyl (C=O) groups is 1. The van der Waals surface area contributed by atoms with E-state index in [2.05, 4.69) is 11.0 Å². The second-order valence-corrected chi connectivity index (χ2v) is 8.30. The Balaban J connectivity index is 1.29. The lowest BCUT2D eigenvalue weighted by molar-refractivity contribution is -0.138. The van der Waals surface area contributed by atoms with E-state index in [1.807, 2.05) is 0 Å². The molecule has 0 bridgehead atoms. The third-order valence-corrected chi connectivity index (χ3v) is 6.10. The Morgan fingerprint density at radius 1 is 1.33 bits per heavy atom. The Kier molecular flexibility index (Phi) is 4.95. The van der Waals surface area contributed by atoms with Crippen molar-refractivity contribution in [3.8, 4) is 0 Å². The molecule has 2 aliphatic carbocycles. The van der Waals surface area contributed by atoms with Gasteiger partial charge in [-0.15, -0.1) is 0 Å². The van der Waals surface area contributed by atoms with Gasteiger partial charge in [0.15, 0.2) is 0 Å². The van der Waals surface area contributed by atoms with Gasteiger partial charge in [-0.1, -0.05) is 11.6 Å². The van der Waals surface area contributed by atoms with Gasteiger partial charge in [-0.2, -0.15) is 0 Å². The molecule has 2 atom stereocenters. The van der Waals surface area contributed by atoms with Crippen molar-refractivity contribution in [1.82, 2.24) is 4.90 Å². The summed E-state index contributed by atoms with van der Waals surface area (Å²) in [6.45, 7) is 3.27. The lowest BCUT2D eigenvalue weighted by Crippen LogP contribution is -2.50. The number of amides is 1. The minimum atomic E-state index is -0.136. The number of rotatable bonds is 5. The number of ether oxygens (including phenoxy) is 2. The van der Waals surface area contributed by atoms with E-state index >= 15 is 0 Å². The van der Waals surface area contributed by atoms with E-state index in [-0.39, 0.29) is 11.7 Å². The molecule has 0 aromatic carbocycles. The van der Waals surface area contributed by atoms with Gasteiger partial charge in [-0.25, -0.2) is 0 Å². The van der Waals surface area contributed by atoms with Crippen molar-refractivity contribution < 1.29 is 14.3 Å². The zero-order chi connectivity index (χ0) is 16.4. The van der Waals surface area contributed by atoms with Crippen molar-refractivity contribution in [2.24, 2.45) is 5.92 Å². The molecule has 1 amide bonds. The summed E-state index contributed by atoms with van der Waals surface area (Å²) in [5.74, 6) is 1.10. The fourth-order valence-corrected chi connectivity index (χ4v) is 4.43. The molecule has 24 heavy (non-hydrogen) atoms. The SMILES string of the molecule is O=C(CC1=CCCCC1)N1CCC[C@@]2(C[C@@H](OCC3CC3)CO2)C1. The van der Waals surface area contributed by atoms with Crippen LogP contribution in [0.15, 0.2) is 11.6 Å². The van der Waals surface area contributed by atoms with Crippen LogP contribution in [-0.2, 0) is 14.3 Å². The van der Waals surface area contributed by atoms with Crippen molar-refractivity contribution in [2.45, 2.75) is 75.9 Å². The van der Waals surface area contributed by atoms with Crippen LogP contribution in [0, 0.1) is 5.92 Å². The highest BCUT2D eigenvalue weighted by Crippen LogP contribution is 2.37. The molecule has 1 spiro atoms. The quantitative estimate of drug-likeness (QED) is 0.723.